The van der Waals surface area contributed by atoms with Crippen LogP contribution in [0.3, 0.4) is 0 Å². The van der Waals surface area contributed by atoms with Gasteiger partial charge in [0, 0.05) is 0 Å². The Bertz CT molecular complexity index is 202. The minimum absolute atomic E-state index is 0.368. The molecule has 0 aromatic rings. The Labute approximate surface area is 91.8 Å². The Hall–Kier alpha value is -0.136. The third kappa shape index (κ3) is 4.48. The fourth-order valence-corrected chi connectivity index (χ4v) is 2.49. The van der Waals surface area contributed by atoms with Gasteiger partial charge in [-0.15, -0.1) is 0 Å². The van der Waals surface area contributed by atoms with Crippen LogP contribution in [0.2, 0.25) is 0 Å². The summed E-state index contributed by atoms with van der Waals surface area (Å²) in [4.78, 5) is 11.1. The number of aliphatic hydroxyl groups is 5. The molecule has 0 saturated carbocycles. The molecule has 0 aliphatic carbocycles. The lowest BCUT2D eigenvalue weighted by Gasteiger charge is -2.24. The van der Waals surface area contributed by atoms with Crippen molar-refractivity contribution >= 4 is 25.7 Å². The quantitative estimate of drug-likeness (QED) is 0.287. The van der Waals surface area contributed by atoms with Crippen LogP contribution >= 0.6 is 0 Å². The van der Waals surface area contributed by atoms with Gasteiger partial charge in [0.15, 0.2) is 5.41 Å². The maximum atomic E-state index is 11.1. The van der Waals surface area contributed by atoms with E-state index >= 15 is 0 Å². The topological polar surface area (TPSA) is 127 Å². The minimum atomic E-state index is -1.82. The molecule has 0 heterocycles. The molecule has 0 spiro atoms. The molecule has 7 nitrogen and oxygen atoms in total. The van der Waals surface area contributed by atoms with Crippen molar-refractivity contribution in [2.45, 2.75) is 24.4 Å². The van der Waals surface area contributed by atoms with Crippen LogP contribution in [0.1, 0.15) is 0 Å². The van der Waals surface area contributed by atoms with Crippen molar-refractivity contribution < 1.29 is 34.4 Å². The van der Waals surface area contributed by atoms with E-state index in [1.54, 1.807) is 0 Å². The summed E-state index contributed by atoms with van der Waals surface area (Å²) in [7, 11) is -1.18. The summed E-state index contributed by atoms with van der Waals surface area (Å²) < 4.78 is 4.71. The Balaban J connectivity index is 4.29. The van der Waals surface area contributed by atoms with Gasteiger partial charge in [0.2, 0.25) is 9.76 Å². The Morgan fingerprint density at radius 1 is 1.27 bits per heavy atom. The third-order valence-corrected chi connectivity index (χ3v) is 3.73. The van der Waals surface area contributed by atoms with Crippen LogP contribution in [-0.4, -0.2) is 82.2 Å². The second-order valence-electron chi connectivity index (χ2n) is 3.08. The van der Waals surface area contributed by atoms with Crippen molar-refractivity contribution in [3.05, 3.63) is 0 Å². The van der Waals surface area contributed by atoms with Crippen molar-refractivity contribution in [2.24, 2.45) is 0 Å². The van der Waals surface area contributed by atoms with Gasteiger partial charge >= 0.3 is 0 Å². The van der Waals surface area contributed by atoms with Gasteiger partial charge in [-0.1, -0.05) is 0 Å². The van der Waals surface area contributed by atoms with E-state index in [2.05, 4.69) is 0 Å². The first-order chi connectivity index (χ1) is 6.95. The van der Waals surface area contributed by atoms with E-state index in [0.717, 1.165) is 0 Å². The van der Waals surface area contributed by atoms with Gasteiger partial charge in [0.25, 0.3) is 0 Å². The molecule has 4 atom stereocenters. The Morgan fingerprint density at radius 2 is 1.80 bits per heavy atom. The molecule has 5 N–H and O–H groups in total. The van der Waals surface area contributed by atoms with Gasteiger partial charge in [-0.25, -0.2) is 0 Å². The Kier molecular flexibility index (Phi) is 7.12. The summed E-state index contributed by atoms with van der Waals surface area (Å²) in [5.74, 6) is 0. The summed E-state index contributed by atoms with van der Waals surface area (Å²) in [6, 6.07) is 0. The molecule has 0 amide bonds. The lowest BCUT2D eigenvalue weighted by molar-refractivity contribution is -0.140. The van der Waals surface area contributed by atoms with Crippen molar-refractivity contribution in [2.75, 3.05) is 6.61 Å². The molecule has 0 aliphatic heterocycles. The monoisotopic (exact) mass is 256 g/mol. The average molecular weight is 256 g/mol. The van der Waals surface area contributed by atoms with Crippen molar-refractivity contribution in [3.8, 4) is 0 Å². The molecule has 15 heavy (non-hydrogen) atoms. The smallest absolute Gasteiger partial charge is 0.225 e. The van der Waals surface area contributed by atoms with Crippen molar-refractivity contribution in [1.29, 1.82) is 0 Å². The van der Waals surface area contributed by atoms with E-state index in [1.807, 2.05) is 0 Å². The normalized spacial score (nSPS) is 20.3. The number of rotatable bonds is 7. The average Bonchev–Trinajstić information content (AvgIpc) is 2.25. The summed E-state index contributed by atoms with van der Waals surface area (Å²) >= 11 is 0. The van der Waals surface area contributed by atoms with E-state index in [-0.39, 0.29) is 0 Å². The van der Waals surface area contributed by atoms with Gasteiger partial charge in [-0.3, -0.25) is 0 Å². The standard InChI is InChI=1S/C6H16O7Si2/c7-1-2(8)3(9)4(10)5(11)6(12)15-13-14/h2-5,7-11H,1,15H2,14H3/t2-,3-,4+,5-/m1/s1. The number of hydrogen-bond donors (Lipinski definition) is 5. The third-order valence-electron chi connectivity index (χ3n) is 1.87. The van der Waals surface area contributed by atoms with Crippen LogP contribution in [0, 0.1) is 0 Å². The molecule has 0 unspecified atom stereocenters. The molecule has 0 aliphatic rings. The zero-order valence-electron chi connectivity index (χ0n) is 8.28. The van der Waals surface area contributed by atoms with Gasteiger partial charge in [-0.2, -0.15) is 0 Å². The van der Waals surface area contributed by atoms with Gasteiger partial charge < -0.3 is 34.4 Å². The van der Waals surface area contributed by atoms with Crippen molar-refractivity contribution in [3.63, 3.8) is 0 Å². The van der Waals surface area contributed by atoms with Crippen LogP contribution in [0.15, 0.2) is 0 Å². The summed E-state index contributed by atoms with van der Waals surface area (Å²) in [6.45, 7) is -0.770. The molecule has 0 rings (SSSR count). The lowest BCUT2D eigenvalue weighted by atomic mass is 10.0. The SMILES string of the molecule is O=C([SiH2]O[SiH3])[C@H](O)[C@@H](O)[C@H](O)[C@H](O)CO. The van der Waals surface area contributed by atoms with Gasteiger partial charge in [0.1, 0.15) is 34.9 Å². The molecule has 0 fully saturated rings. The predicted molar refractivity (Wildman–Crippen MR) is 55.7 cm³/mol. The summed E-state index contributed by atoms with van der Waals surface area (Å²) in [5, 5.41) is 44.5. The first-order valence-corrected chi connectivity index (χ1v) is 6.40. The first kappa shape index (κ1) is 14.9. The lowest BCUT2D eigenvalue weighted by Crippen LogP contribution is -2.49. The van der Waals surface area contributed by atoms with Crippen LogP contribution < -0.4 is 0 Å². The van der Waals surface area contributed by atoms with Crippen LogP contribution in [0.5, 0.6) is 0 Å². The largest absolute Gasteiger partial charge is 0.463 e. The fraction of sp³-hybridized carbons (Fsp3) is 0.833. The minimum Gasteiger partial charge on any atom is -0.463 e. The molecule has 0 bridgehead atoms. The second-order valence-corrected chi connectivity index (χ2v) is 6.37. The predicted octanol–water partition coefficient (Wildman–Crippen LogP) is -5.67. The summed E-state index contributed by atoms with van der Waals surface area (Å²) in [6.07, 6.45) is -6.95. The number of carbonyl (C=O) groups is 1. The molecular weight excluding hydrogens is 240 g/mol. The van der Waals surface area contributed by atoms with E-state index in [9.17, 15) is 20.1 Å². The second kappa shape index (κ2) is 7.19. The molecule has 9 heteroatoms. The highest BCUT2D eigenvalue weighted by Crippen LogP contribution is 2.05. The highest BCUT2D eigenvalue weighted by Gasteiger charge is 2.33. The van der Waals surface area contributed by atoms with Crippen LogP contribution in [0.25, 0.3) is 0 Å². The highest BCUT2D eigenvalue weighted by molar-refractivity contribution is 6.72. The van der Waals surface area contributed by atoms with E-state index < -0.39 is 46.2 Å². The molecular formula is C6H16O7Si2. The molecule has 90 valence electrons. The van der Waals surface area contributed by atoms with E-state index in [1.165, 1.54) is 0 Å². The van der Waals surface area contributed by atoms with Crippen LogP contribution in [-0.2, 0) is 8.91 Å². The molecule has 0 aromatic heterocycles. The number of carbonyl (C=O) groups excluding carboxylic acids is 1. The van der Waals surface area contributed by atoms with E-state index in [0.29, 0.717) is 10.5 Å². The summed E-state index contributed by atoms with van der Waals surface area (Å²) in [5.41, 5.74) is 0. The molecule has 0 radical (unpaired) electrons. The van der Waals surface area contributed by atoms with Crippen LogP contribution in [0.4, 0.5) is 0 Å². The van der Waals surface area contributed by atoms with Gasteiger partial charge in [0.05, 0.1) is 6.61 Å². The maximum absolute atomic E-state index is 11.1. The number of aliphatic hydroxyl groups excluding tert-OH is 5. The zero-order chi connectivity index (χ0) is 12.0. The zero-order valence-corrected chi connectivity index (χ0v) is 11.7. The first-order valence-electron chi connectivity index (χ1n) is 4.30. The Morgan fingerprint density at radius 3 is 2.20 bits per heavy atom. The molecule has 0 aromatic carbocycles. The number of hydrogen-bond acceptors (Lipinski definition) is 7. The highest BCUT2D eigenvalue weighted by atomic mass is 28.3. The van der Waals surface area contributed by atoms with Crippen molar-refractivity contribution in [1.82, 2.24) is 0 Å². The fourth-order valence-electron chi connectivity index (χ4n) is 0.940. The van der Waals surface area contributed by atoms with E-state index in [4.69, 9.17) is 14.3 Å². The maximum Gasteiger partial charge on any atom is 0.225 e. The van der Waals surface area contributed by atoms with Gasteiger partial charge in [-0.05, 0) is 0 Å². The molecule has 0 saturated heterocycles.